The Morgan fingerprint density at radius 3 is 2.40 bits per heavy atom. The van der Waals surface area contributed by atoms with Crippen LogP contribution in [0.2, 0.25) is 0 Å². The standard InChI is InChI=1S/C15H21NO4/c1-4-12(20-11-8-6-5-7-9-11)14(19)16-15(2,3)10-13(17)18/h5-9,12H,4,10H2,1-3H3,(H,16,19)(H,17,18). The largest absolute Gasteiger partial charge is 0.481 e. The molecule has 0 radical (unpaired) electrons. The second-order valence-corrected chi connectivity index (χ2v) is 5.27. The number of carbonyl (C=O) groups excluding carboxylic acids is 1. The Labute approximate surface area is 118 Å². The molecule has 1 rings (SSSR count). The normalized spacial score (nSPS) is 12.6. The first-order chi connectivity index (χ1) is 9.34. The maximum atomic E-state index is 12.1. The first-order valence-corrected chi connectivity index (χ1v) is 6.59. The molecular formula is C15H21NO4. The van der Waals surface area contributed by atoms with Gasteiger partial charge in [0.05, 0.1) is 6.42 Å². The summed E-state index contributed by atoms with van der Waals surface area (Å²) in [5.74, 6) is -0.638. The molecule has 1 aromatic carbocycles. The Hall–Kier alpha value is -2.04. The molecular weight excluding hydrogens is 258 g/mol. The first kappa shape index (κ1) is 16.0. The zero-order valence-corrected chi connectivity index (χ0v) is 12.1. The zero-order valence-electron chi connectivity index (χ0n) is 12.1. The number of nitrogens with one attached hydrogen (secondary N) is 1. The van der Waals surface area contributed by atoms with Crippen LogP contribution in [0.25, 0.3) is 0 Å². The van der Waals surface area contributed by atoms with Crippen molar-refractivity contribution in [3.63, 3.8) is 0 Å². The molecule has 20 heavy (non-hydrogen) atoms. The zero-order chi connectivity index (χ0) is 15.2. The summed E-state index contributed by atoms with van der Waals surface area (Å²) >= 11 is 0. The molecule has 5 heteroatoms. The molecule has 0 heterocycles. The molecule has 0 aliphatic carbocycles. The Bertz CT molecular complexity index is 456. The van der Waals surface area contributed by atoms with Crippen LogP contribution >= 0.6 is 0 Å². The molecule has 5 nitrogen and oxygen atoms in total. The Morgan fingerprint density at radius 1 is 1.30 bits per heavy atom. The van der Waals surface area contributed by atoms with Gasteiger partial charge in [-0.05, 0) is 32.4 Å². The first-order valence-electron chi connectivity index (χ1n) is 6.59. The number of carboxylic acids is 1. The minimum absolute atomic E-state index is 0.138. The summed E-state index contributed by atoms with van der Waals surface area (Å²) in [6, 6.07) is 9.07. The van der Waals surface area contributed by atoms with E-state index in [1.165, 1.54) is 0 Å². The number of hydrogen-bond acceptors (Lipinski definition) is 3. The lowest BCUT2D eigenvalue weighted by molar-refractivity contribution is -0.139. The van der Waals surface area contributed by atoms with Crippen molar-refractivity contribution in [1.29, 1.82) is 0 Å². The molecule has 0 saturated heterocycles. The number of rotatable bonds is 7. The number of para-hydroxylation sites is 1. The van der Waals surface area contributed by atoms with E-state index in [4.69, 9.17) is 9.84 Å². The number of amides is 1. The summed E-state index contributed by atoms with van der Waals surface area (Å²) in [6.45, 7) is 5.19. The van der Waals surface area contributed by atoms with Gasteiger partial charge in [-0.3, -0.25) is 9.59 Å². The van der Waals surface area contributed by atoms with Crippen LogP contribution in [0.15, 0.2) is 30.3 Å². The second-order valence-electron chi connectivity index (χ2n) is 5.27. The maximum absolute atomic E-state index is 12.1. The van der Waals surface area contributed by atoms with Crippen molar-refractivity contribution in [2.24, 2.45) is 0 Å². The van der Waals surface area contributed by atoms with Gasteiger partial charge in [-0.1, -0.05) is 25.1 Å². The van der Waals surface area contributed by atoms with Gasteiger partial charge in [-0.15, -0.1) is 0 Å². The number of hydrogen-bond donors (Lipinski definition) is 2. The summed E-state index contributed by atoms with van der Waals surface area (Å²) < 4.78 is 5.62. The van der Waals surface area contributed by atoms with Crippen molar-refractivity contribution in [2.75, 3.05) is 0 Å². The molecule has 0 fully saturated rings. The number of carbonyl (C=O) groups is 2. The van der Waals surface area contributed by atoms with Crippen molar-refractivity contribution in [2.45, 2.75) is 45.3 Å². The topological polar surface area (TPSA) is 75.6 Å². The van der Waals surface area contributed by atoms with Crippen molar-refractivity contribution in [3.05, 3.63) is 30.3 Å². The molecule has 2 N–H and O–H groups in total. The van der Waals surface area contributed by atoms with Crippen LogP contribution in [0, 0.1) is 0 Å². The van der Waals surface area contributed by atoms with Crippen LogP contribution in [0.3, 0.4) is 0 Å². The molecule has 0 aromatic heterocycles. The minimum Gasteiger partial charge on any atom is -0.481 e. The summed E-state index contributed by atoms with van der Waals surface area (Å²) in [5.41, 5.74) is -0.809. The van der Waals surface area contributed by atoms with E-state index in [1.807, 2.05) is 25.1 Å². The summed E-state index contributed by atoms with van der Waals surface area (Å²) in [4.78, 5) is 22.9. The van der Waals surface area contributed by atoms with E-state index in [-0.39, 0.29) is 12.3 Å². The van der Waals surface area contributed by atoms with Gasteiger partial charge in [-0.25, -0.2) is 0 Å². The predicted molar refractivity (Wildman–Crippen MR) is 75.6 cm³/mol. The SMILES string of the molecule is CCC(Oc1ccccc1)C(=O)NC(C)(C)CC(=O)O. The van der Waals surface area contributed by atoms with Crippen molar-refractivity contribution >= 4 is 11.9 Å². The number of ether oxygens (including phenoxy) is 1. The molecule has 0 aliphatic rings. The molecule has 1 atom stereocenters. The summed E-state index contributed by atoms with van der Waals surface area (Å²) in [5, 5.41) is 11.5. The fourth-order valence-electron chi connectivity index (χ4n) is 1.82. The molecule has 0 saturated carbocycles. The lowest BCUT2D eigenvalue weighted by Crippen LogP contribution is -2.50. The van der Waals surface area contributed by atoms with Crippen LogP contribution in [0.4, 0.5) is 0 Å². The van der Waals surface area contributed by atoms with Gasteiger partial charge in [0.1, 0.15) is 5.75 Å². The van der Waals surface area contributed by atoms with Crippen LogP contribution in [0.5, 0.6) is 5.75 Å². The number of aliphatic carboxylic acids is 1. The fourth-order valence-corrected chi connectivity index (χ4v) is 1.82. The van der Waals surface area contributed by atoms with E-state index in [1.54, 1.807) is 26.0 Å². The smallest absolute Gasteiger partial charge is 0.305 e. The van der Waals surface area contributed by atoms with Crippen molar-refractivity contribution in [3.8, 4) is 5.75 Å². The quantitative estimate of drug-likeness (QED) is 0.802. The highest BCUT2D eigenvalue weighted by atomic mass is 16.5. The highest BCUT2D eigenvalue weighted by Crippen LogP contribution is 2.14. The van der Waals surface area contributed by atoms with Crippen LogP contribution in [-0.4, -0.2) is 28.6 Å². The maximum Gasteiger partial charge on any atom is 0.305 e. The number of carboxylic acid groups (broad SMARTS) is 1. The van der Waals surface area contributed by atoms with E-state index < -0.39 is 17.6 Å². The Kier molecular flexibility index (Phi) is 5.55. The Balaban J connectivity index is 2.65. The fraction of sp³-hybridized carbons (Fsp3) is 0.467. The van der Waals surface area contributed by atoms with Gasteiger partial charge in [-0.2, -0.15) is 0 Å². The summed E-state index contributed by atoms with van der Waals surface area (Å²) in [7, 11) is 0. The van der Waals surface area contributed by atoms with Crippen LogP contribution in [-0.2, 0) is 9.59 Å². The second kappa shape index (κ2) is 6.93. The highest BCUT2D eigenvalue weighted by Gasteiger charge is 2.28. The molecule has 1 aromatic rings. The predicted octanol–water partition coefficient (Wildman–Crippen LogP) is 2.21. The van der Waals surface area contributed by atoms with E-state index in [0.29, 0.717) is 12.2 Å². The van der Waals surface area contributed by atoms with E-state index in [0.717, 1.165) is 0 Å². The van der Waals surface area contributed by atoms with Crippen LogP contribution < -0.4 is 10.1 Å². The van der Waals surface area contributed by atoms with Gasteiger partial charge >= 0.3 is 5.97 Å². The van der Waals surface area contributed by atoms with E-state index in [9.17, 15) is 9.59 Å². The van der Waals surface area contributed by atoms with Gasteiger partial charge in [0.15, 0.2) is 6.10 Å². The average molecular weight is 279 g/mol. The molecule has 1 amide bonds. The molecule has 0 aliphatic heterocycles. The summed E-state index contributed by atoms with van der Waals surface area (Å²) in [6.07, 6.45) is -0.268. The van der Waals surface area contributed by atoms with Gasteiger partial charge in [0, 0.05) is 5.54 Å². The molecule has 0 spiro atoms. The average Bonchev–Trinajstić information content (AvgIpc) is 2.34. The van der Waals surface area contributed by atoms with Crippen molar-refractivity contribution in [1.82, 2.24) is 5.32 Å². The molecule has 1 unspecified atom stereocenters. The van der Waals surface area contributed by atoms with Crippen molar-refractivity contribution < 1.29 is 19.4 Å². The van der Waals surface area contributed by atoms with Gasteiger partial charge < -0.3 is 15.2 Å². The molecule has 110 valence electrons. The highest BCUT2D eigenvalue weighted by molar-refractivity contribution is 5.82. The molecule has 0 bridgehead atoms. The van der Waals surface area contributed by atoms with E-state index in [2.05, 4.69) is 5.32 Å². The van der Waals surface area contributed by atoms with Crippen LogP contribution in [0.1, 0.15) is 33.6 Å². The lowest BCUT2D eigenvalue weighted by Gasteiger charge is -2.27. The third kappa shape index (κ3) is 5.30. The van der Waals surface area contributed by atoms with Gasteiger partial charge in [0.25, 0.3) is 5.91 Å². The lowest BCUT2D eigenvalue weighted by atomic mass is 10.0. The van der Waals surface area contributed by atoms with Gasteiger partial charge in [0.2, 0.25) is 0 Å². The third-order valence-electron chi connectivity index (χ3n) is 2.74. The van der Waals surface area contributed by atoms with E-state index >= 15 is 0 Å². The third-order valence-corrected chi connectivity index (χ3v) is 2.74. The Morgan fingerprint density at radius 2 is 1.90 bits per heavy atom. The number of benzene rings is 1. The minimum atomic E-state index is -0.952. The monoisotopic (exact) mass is 279 g/mol.